The van der Waals surface area contributed by atoms with Crippen LogP contribution >= 0.6 is 11.3 Å². The lowest BCUT2D eigenvalue weighted by molar-refractivity contribution is -0.124. The molecule has 0 aliphatic heterocycles. The smallest absolute Gasteiger partial charge is 0.348 e. The highest BCUT2D eigenvalue weighted by atomic mass is 32.1. The summed E-state index contributed by atoms with van der Waals surface area (Å²) in [7, 11) is 1.59. The van der Waals surface area contributed by atoms with Gasteiger partial charge in [-0.1, -0.05) is 25.1 Å². The third kappa shape index (κ3) is 4.43. The van der Waals surface area contributed by atoms with Gasteiger partial charge in [0.05, 0.1) is 7.11 Å². The summed E-state index contributed by atoms with van der Waals surface area (Å²) in [5.41, 5.74) is 2.12. The molecule has 0 radical (unpaired) electrons. The molecule has 26 heavy (non-hydrogen) atoms. The Morgan fingerprint density at radius 2 is 2.12 bits per heavy atom. The molecule has 1 N–H and O–H groups in total. The minimum Gasteiger partial charge on any atom is -0.496 e. The van der Waals surface area contributed by atoms with Crippen LogP contribution in [0.2, 0.25) is 0 Å². The van der Waals surface area contributed by atoms with Gasteiger partial charge in [0.15, 0.2) is 6.61 Å². The topological polar surface area (TPSA) is 64.6 Å². The van der Waals surface area contributed by atoms with E-state index >= 15 is 0 Å². The van der Waals surface area contributed by atoms with E-state index < -0.39 is 5.97 Å². The Labute approximate surface area is 157 Å². The summed E-state index contributed by atoms with van der Waals surface area (Å²) in [6.07, 6.45) is 3.19. The zero-order valence-electron chi connectivity index (χ0n) is 15.0. The molecular weight excluding hydrogens is 350 g/mol. The maximum Gasteiger partial charge on any atom is 0.348 e. The molecule has 0 unspecified atom stereocenters. The number of benzene rings is 1. The summed E-state index contributed by atoms with van der Waals surface area (Å²) >= 11 is 1.49. The van der Waals surface area contributed by atoms with Gasteiger partial charge in [-0.2, -0.15) is 0 Å². The number of amides is 1. The molecule has 0 bridgehead atoms. The average Bonchev–Trinajstić information content (AvgIpc) is 3.07. The van der Waals surface area contributed by atoms with Crippen molar-refractivity contribution >= 4 is 23.2 Å². The van der Waals surface area contributed by atoms with Crippen molar-refractivity contribution in [2.45, 2.75) is 32.7 Å². The molecule has 138 valence electrons. The summed E-state index contributed by atoms with van der Waals surface area (Å²) in [5.74, 6) is 0.605. The summed E-state index contributed by atoms with van der Waals surface area (Å²) in [6, 6.07) is 9.38. The number of para-hydroxylation sites is 1. The molecule has 1 heterocycles. The highest BCUT2D eigenvalue weighted by Gasteiger charge is 2.21. The number of nitrogens with one attached hydrogen (secondary N) is 1. The summed E-state index contributed by atoms with van der Waals surface area (Å²) < 4.78 is 10.4. The number of hydrogen-bond acceptors (Lipinski definition) is 5. The van der Waals surface area contributed by atoms with Crippen molar-refractivity contribution in [3.63, 3.8) is 0 Å². The van der Waals surface area contributed by atoms with Gasteiger partial charge < -0.3 is 14.8 Å². The van der Waals surface area contributed by atoms with Crippen LogP contribution in [0.5, 0.6) is 5.75 Å². The van der Waals surface area contributed by atoms with E-state index in [0.717, 1.165) is 24.8 Å². The predicted octanol–water partition coefficient (Wildman–Crippen LogP) is 3.35. The number of hydrogen-bond donors (Lipinski definition) is 1. The number of ether oxygens (including phenoxy) is 2. The van der Waals surface area contributed by atoms with Gasteiger partial charge in [-0.05, 0) is 42.9 Å². The molecule has 3 rings (SSSR count). The predicted molar refractivity (Wildman–Crippen MR) is 101 cm³/mol. The fourth-order valence-electron chi connectivity index (χ4n) is 3.10. The third-order valence-corrected chi connectivity index (χ3v) is 5.75. The highest BCUT2D eigenvalue weighted by Crippen LogP contribution is 2.32. The van der Waals surface area contributed by atoms with Crippen molar-refractivity contribution in [1.29, 1.82) is 0 Å². The van der Waals surface area contributed by atoms with E-state index in [0.29, 0.717) is 23.1 Å². The van der Waals surface area contributed by atoms with Crippen LogP contribution in [-0.2, 0) is 28.9 Å². The number of carbonyl (C=O) groups is 2. The maximum atomic E-state index is 12.2. The average molecular weight is 373 g/mol. The maximum absolute atomic E-state index is 12.2. The quantitative estimate of drug-likeness (QED) is 0.789. The first-order valence-corrected chi connectivity index (χ1v) is 9.55. The van der Waals surface area contributed by atoms with Gasteiger partial charge in [-0.25, -0.2) is 4.79 Å². The lowest BCUT2D eigenvalue weighted by Crippen LogP contribution is -2.28. The van der Waals surface area contributed by atoms with Crippen LogP contribution in [0, 0.1) is 5.92 Å². The Morgan fingerprint density at radius 3 is 2.92 bits per heavy atom. The van der Waals surface area contributed by atoms with Crippen LogP contribution in [0.1, 0.15) is 39.0 Å². The number of esters is 1. The SMILES string of the molecule is COc1ccccc1CNC(=O)COC(=O)c1cc2c(s1)CC[C@H](C)C2. The van der Waals surface area contributed by atoms with Crippen molar-refractivity contribution in [3.8, 4) is 5.75 Å². The van der Waals surface area contributed by atoms with Crippen LogP contribution in [0.15, 0.2) is 30.3 Å². The highest BCUT2D eigenvalue weighted by molar-refractivity contribution is 7.14. The number of aryl methyl sites for hydroxylation is 1. The van der Waals surface area contributed by atoms with Gasteiger partial charge in [0.2, 0.25) is 0 Å². The molecule has 0 saturated carbocycles. The monoisotopic (exact) mass is 373 g/mol. The molecule has 0 saturated heterocycles. The van der Waals surface area contributed by atoms with E-state index in [-0.39, 0.29) is 12.5 Å². The normalized spacial score (nSPS) is 15.8. The van der Waals surface area contributed by atoms with E-state index in [1.807, 2.05) is 30.3 Å². The largest absolute Gasteiger partial charge is 0.496 e. The van der Waals surface area contributed by atoms with E-state index in [4.69, 9.17) is 9.47 Å². The van der Waals surface area contributed by atoms with Gasteiger partial charge in [0, 0.05) is 17.0 Å². The van der Waals surface area contributed by atoms with Crippen LogP contribution in [-0.4, -0.2) is 25.6 Å². The number of methoxy groups -OCH3 is 1. The second kappa shape index (κ2) is 8.36. The van der Waals surface area contributed by atoms with Crippen molar-refractivity contribution < 1.29 is 19.1 Å². The molecule has 1 aliphatic carbocycles. The molecule has 0 fully saturated rings. The summed E-state index contributed by atoms with van der Waals surface area (Å²) in [4.78, 5) is 26.0. The Morgan fingerprint density at radius 1 is 1.31 bits per heavy atom. The van der Waals surface area contributed by atoms with Crippen LogP contribution in [0.4, 0.5) is 0 Å². The van der Waals surface area contributed by atoms with Gasteiger partial charge in [-0.15, -0.1) is 11.3 Å². The summed E-state index contributed by atoms with van der Waals surface area (Å²) in [5, 5.41) is 2.74. The van der Waals surface area contributed by atoms with Crippen LogP contribution < -0.4 is 10.1 Å². The fraction of sp³-hybridized carbons (Fsp3) is 0.400. The molecule has 2 aromatic rings. The van der Waals surface area contributed by atoms with E-state index in [1.54, 1.807) is 7.11 Å². The van der Waals surface area contributed by atoms with Gasteiger partial charge in [0.25, 0.3) is 5.91 Å². The Balaban J connectivity index is 1.49. The number of thiophene rings is 1. The molecule has 6 heteroatoms. The number of fused-ring (bicyclic) bond motifs is 1. The molecule has 1 aromatic carbocycles. The molecule has 0 spiro atoms. The minimum absolute atomic E-state index is 0.285. The van der Waals surface area contributed by atoms with Crippen LogP contribution in [0.3, 0.4) is 0 Å². The Kier molecular flexibility index (Phi) is 5.93. The first-order chi connectivity index (χ1) is 12.6. The Hall–Kier alpha value is -2.34. The standard InChI is InChI=1S/C20H23NO4S/c1-13-7-8-17-15(9-13)10-18(26-17)20(23)25-12-19(22)21-11-14-5-3-4-6-16(14)24-2/h3-6,10,13H,7-9,11-12H2,1-2H3,(H,21,22)/t13-/m0/s1. The number of rotatable bonds is 6. The van der Waals surface area contributed by atoms with Crippen molar-refractivity contribution in [1.82, 2.24) is 5.32 Å². The second-order valence-electron chi connectivity index (χ2n) is 6.57. The first-order valence-electron chi connectivity index (χ1n) is 8.74. The zero-order valence-corrected chi connectivity index (χ0v) is 15.9. The van der Waals surface area contributed by atoms with Gasteiger partial charge in [-0.3, -0.25) is 4.79 Å². The molecule has 1 amide bonds. The van der Waals surface area contributed by atoms with Crippen molar-refractivity contribution in [2.75, 3.05) is 13.7 Å². The van der Waals surface area contributed by atoms with E-state index in [1.165, 1.54) is 21.8 Å². The number of carbonyl (C=O) groups excluding carboxylic acids is 2. The first kappa shape index (κ1) is 18.5. The van der Waals surface area contributed by atoms with Crippen molar-refractivity contribution in [3.05, 3.63) is 51.2 Å². The zero-order chi connectivity index (χ0) is 18.5. The second-order valence-corrected chi connectivity index (χ2v) is 7.71. The molecule has 1 aromatic heterocycles. The van der Waals surface area contributed by atoms with E-state index in [9.17, 15) is 9.59 Å². The Bertz CT molecular complexity index is 799. The lowest BCUT2D eigenvalue weighted by atomic mass is 9.90. The molecule has 1 aliphatic rings. The molecule has 5 nitrogen and oxygen atoms in total. The minimum atomic E-state index is -0.426. The lowest BCUT2D eigenvalue weighted by Gasteiger charge is -2.16. The fourth-order valence-corrected chi connectivity index (χ4v) is 4.20. The molecular formula is C20H23NO4S. The van der Waals surface area contributed by atoms with E-state index in [2.05, 4.69) is 12.2 Å². The molecule has 1 atom stereocenters. The van der Waals surface area contributed by atoms with Crippen LogP contribution in [0.25, 0.3) is 0 Å². The van der Waals surface area contributed by atoms with Gasteiger partial charge >= 0.3 is 5.97 Å². The summed E-state index contributed by atoms with van der Waals surface area (Å²) in [6.45, 7) is 2.27. The van der Waals surface area contributed by atoms with Crippen molar-refractivity contribution in [2.24, 2.45) is 5.92 Å². The third-order valence-electron chi connectivity index (χ3n) is 4.53. The van der Waals surface area contributed by atoms with Gasteiger partial charge in [0.1, 0.15) is 10.6 Å².